The van der Waals surface area contributed by atoms with Crippen molar-refractivity contribution in [2.45, 2.75) is 43.2 Å². The summed E-state index contributed by atoms with van der Waals surface area (Å²) >= 11 is 0. The number of hydrogen-bond donors (Lipinski definition) is 1. The summed E-state index contributed by atoms with van der Waals surface area (Å²) in [5, 5.41) is 2.85. The second kappa shape index (κ2) is 9.37. The predicted molar refractivity (Wildman–Crippen MR) is 107 cm³/mol. The maximum Gasteiger partial charge on any atom is 0.243 e. The van der Waals surface area contributed by atoms with E-state index in [0.29, 0.717) is 25.3 Å². The SMILES string of the molecule is COc1cccc(CNC(=O)CC2CCCCN2S(=O)(=O)c2ccc(F)cc2)c1. The molecule has 0 aliphatic carbocycles. The molecule has 1 N–H and O–H groups in total. The van der Waals surface area contributed by atoms with Crippen molar-refractivity contribution in [1.82, 2.24) is 9.62 Å². The van der Waals surface area contributed by atoms with Gasteiger partial charge in [0.15, 0.2) is 0 Å². The summed E-state index contributed by atoms with van der Waals surface area (Å²) in [5.74, 6) is 0.00989. The van der Waals surface area contributed by atoms with Crippen molar-refractivity contribution >= 4 is 15.9 Å². The third-order valence-corrected chi connectivity index (χ3v) is 7.00. The van der Waals surface area contributed by atoms with E-state index in [0.717, 1.165) is 30.5 Å². The topological polar surface area (TPSA) is 75.7 Å². The number of carbonyl (C=O) groups excluding carboxylic acids is 1. The third kappa shape index (κ3) is 5.33. The van der Waals surface area contributed by atoms with Gasteiger partial charge in [0.1, 0.15) is 11.6 Å². The zero-order valence-electron chi connectivity index (χ0n) is 16.3. The number of piperidine rings is 1. The Kier molecular flexibility index (Phi) is 6.87. The van der Waals surface area contributed by atoms with E-state index >= 15 is 0 Å². The standard InChI is InChI=1S/C21H25FN2O4S/c1-28-19-7-4-5-16(13-19)15-23-21(25)14-18-6-2-3-12-24(18)29(26,27)20-10-8-17(22)9-11-20/h4-5,7-11,13,18H,2-3,6,12,14-15H2,1H3,(H,23,25). The van der Waals surface area contributed by atoms with E-state index in [1.807, 2.05) is 24.3 Å². The van der Waals surface area contributed by atoms with Gasteiger partial charge in [-0.1, -0.05) is 18.6 Å². The van der Waals surface area contributed by atoms with Crippen LogP contribution in [0, 0.1) is 5.82 Å². The molecule has 1 aliphatic rings. The van der Waals surface area contributed by atoms with Crippen LogP contribution in [-0.4, -0.2) is 38.3 Å². The Balaban J connectivity index is 1.66. The number of rotatable bonds is 7. The lowest BCUT2D eigenvalue weighted by molar-refractivity contribution is -0.122. The molecule has 29 heavy (non-hydrogen) atoms. The van der Waals surface area contributed by atoms with Gasteiger partial charge in [-0.2, -0.15) is 4.31 Å². The van der Waals surface area contributed by atoms with Crippen molar-refractivity contribution in [1.29, 1.82) is 0 Å². The van der Waals surface area contributed by atoms with Gasteiger partial charge in [0.25, 0.3) is 0 Å². The summed E-state index contributed by atoms with van der Waals surface area (Å²) in [6.07, 6.45) is 2.31. The molecule has 1 unspecified atom stereocenters. The Morgan fingerprint density at radius 2 is 1.97 bits per heavy atom. The van der Waals surface area contributed by atoms with Crippen LogP contribution in [0.5, 0.6) is 5.75 Å². The number of halogens is 1. The van der Waals surface area contributed by atoms with Crippen molar-refractivity contribution < 1.29 is 22.3 Å². The molecule has 2 aromatic carbocycles. The highest BCUT2D eigenvalue weighted by Gasteiger charge is 2.34. The van der Waals surface area contributed by atoms with E-state index in [4.69, 9.17) is 4.74 Å². The third-order valence-electron chi connectivity index (χ3n) is 5.04. The Hall–Kier alpha value is -2.45. The number of benzene rings is 2. The molecular formula is C21H25FN2O4S. The van der Waals surface area contributed by atoms with Crippen molar-refractivity contribution in [2.75, 3.05) is 13.7 Å². The summed E-state index contributed by atoms with van der Waals surface area (Å²) < 4.78 is 45.7. The van der Waals surface area contributed by atoms with Crippen LogP contribution >= 0.6 is 0 Å². The Bertz CT molecular complexity index is 947. The molecule has 0 aromatic heterocycles. The van der Waals surface area contributed by atoms with Gasteiger partial charge in [0.2, 0.25) is 15.9 Å². The van der Waals surface area contributed by atoms with Crippen molar-refractivity contribution in [3.05, 3.63) is 59.9 Å². The number of hydrogen-bond acceptors (Lipinski definition) is 4. The first kappa shape index (κ1) is 21.3. The first-order valence-electron chi connectivity index (χ1n) is 9.57. The van der Waals surface area contributed by atoms with Crippen LogP contribution in [0.25, 0.3) is 0 Å². The molecule has 1 fully saturated rings. The Morgan fingerprint density at radius 3 is 2.69 bits per heavy atom. The Labute approximate surface area is 170 Å². The molecule has 8 heteroatoms. The minimum atomic E-state index is -3.78. The summed E-state index contributed by atoms with van der Waals surface area (Å²) in [5.41, 5.74) is 0.900. The lowest BCUT2D eigenvalue weighted by Crippen LogP contribution is -2.45. The smallest absolute Gasteiger partial charge is 0.243 e. The van der Waals surface area contributed by atoms with E-state index in [-0.39, 0.29) is 17.2 Å². The van der Waals surface area contributed by atoms with E-state index < -0.39 is 21.9 Å². The summed E-state index contributed by atoms with van der Waals surface area (Å²) in [6, 6.07) is 11.8. The van der Waals surface area contributed by atoms with Crippen LogP contribution in [0.4, 0.5) is 4.39 Å². The number of amides is 1. The molecule has 0 spiro atoms. The molecule has 1 saturated heterocycles. The lowest BCUT2D eigenvalue weighted by atomic mass is 10.0. The second-order valence-electron chi connectivity index (χ2n) is 7.05. The average Bonchev–Trinajstić information content (AvgIpc) is 2.73. The fraction of sp³-hybridized carbons (Fsp3) is 0.381. The van der Waals surface area contributed by atoms with Crippen LogP contribution in [0.3, 0.4) is 0 Å². The first-order chi connectivity index (χ1) is 13.9. The van der Waals surface area contributed by atoms with E-state index in [9.17, 15) is 17.6 Å². The fourth-order valence-electron chi connectivity index (χ4n) is 3.51. The lowest BCUT2D eigenvalue weighted by Gasteiger charge is -2.34. The van der Waals surface area contributed by atoms with E-state index in [1.54, 1.807) is 7.11 Å². The maximum atomic E-state index is 13.2. The first-order valence-corrected chi connectivity index (χ1v) is 11.0. The fourth-order valence-corrected chi connectivity index (χ4v) is 5.20. The highest BCUT2D eigenvalue weighted by Crippen LogP contribution is 2.27. The second-order valence-corrected chi connectivity index (χ2v) is 8.94. The van der Waals surface area contributed by atoms with Gasteiger partial charge in [-0.15, -0.1) is 0 Å². The largest absolute Gasteiger partial charge is 0.497 e. The zero-order valence-corrected chi connectivity index (χ0v) is 17.1. The zero-order chi connectivity index (χ0) is 20.9. The van der Waals surface area contributed by atoms with Gasteiger partial charge in [-0.3, -0.25) is 4.79 Å². The number of nitrogens with one attached hydrogen (secondary N) is 1. The Morgan fingerprint density at radius 1 is 1.21 bits per heavy atom. The van der Waals surface area contributed by atoms with Crippen LogP contribution in [-0.2, 0) is 21.4 Å². The minimum absolute atomic E-state index is 0.0441. The molecule has 6 nitrogen and oxygen atoms in total. The minimum Gasteiger partial charge on any atom is -0.497 e. The van der Waals surface area contributed by atoms with Gasteiger partial charge >= 0.3 is 0 Å². The van der Waals surface area contributed by atoms with Crippen LogP contribution in [0.15, 0.2) is 53.4 Å². The molecule has 3 rings (SSSR count). The van der Waals surface area contributed by atoms with Gasteiger partial charge in [0.05, 0.1) is 12.0 Å². The molecule has 2 aromatic rings. The number of ether oxygens (including phenoxy) is 1. The average molecular weight is 421 g/mol. The quantitative estimate of drug-likeness (QED) is 0.747. The van der Waals surface area contributed by atoms with E-state index in [2.05, 4.69) is 5.32 Å². The van der Waals surface area contributed by atoms with Crippen molar-refractivity contribution in [3.63, 3.8) is 0 Å². The van der Waals surface area contributed by atoms with E-state index in [1.165, 1.54) is 16.4 Å². The van der Waals surface area contributed by atoms with Crippen molar-refractivity contribution in [2.24, 2.45) is 0 Å². The summed E-state index contributed by atoms with van der Waals surface area (Å²) in [4.78, 5) is 12.5. The number of methoxy groups -OCH3 is 1. The highest BCUT2D eigenvalue weighted by molar-refractivity contribution is 7.89. The number of sulfonamides is 1. The molecule has 1 heterocycles. The molecule has 1 aliphatic heterocycles. The van der Waals surface area contributed by atoms with Crippen LogP contribution < -0.4 is 10.1 Å². The maximum absolute atomic E-state index is 13.2. The van der Waals surface area contributed by atoms with Gasteiger partial charge < -0.3 is 10.1 Å². The van der Waals surface area contributed by atoms with Crippen LogP contribution in [0.2, 0.25) is 0 Å². The predicted octanol–water partition coefficient (Wildman–Crippen LogP) is 3.08. The van der Waals surface area contributed by atoms with Crippen LogP contribution in [0.1, 0.15) is 31.2 Å². The molecule has 0 bridgehead atoms. The molecular weight excluding hydrogens is 395 g/mol. The number of carbonyl (C=O) groups is 1. The molecule has 156 valence electrons. The van der Waals surface area contributed by atoms with Gasteiger partial charge in [-0.25, -0.2) is 12.8 Å². The molecule has 1 atom stereocenters. The highest BCUT2D eigenvalue weighted by atomic mass is 32.2. The summed E-state index contributed by atoms with van der Waals surface area (Å²) in [6.45, 7) is 0.695. The monoisotopic (exact) mass is 420 g/mol. The van der Waals surface area contributed by atoms with Crippen molar-refractivity contribution in [3.8, 4) is 5.75 Å². The van der Waals surface area contributed by atoms with Gasteiger partial charge in [0, 0.05) is 25.6 Å². The molecule has 0 saturated carbocycles. The molecule has 1 amide bonds. The number of nitrogens with zero attached hydrogens (tertiary/aromatic N) is 1. The molecule has 0 radical (unpaired) electrons. The van der Waals surface area contributed by atoms with Gasteiger partial charge in [-0.05, 0) is 54.8 Å². The summed E-state index contributed by atoms with van der Waals surface area (Å²) in [7, 11) is -2.20. The normalized spacial score (nSPS) is 17.7.